The predicted molar refractivity (Wildman–Crippen MR) is 76.9 cm³/mol. The summed E-state index contributed by atoms with van der Waals surface area (Å²) in [5, 5.41) is 4.20. The van der Waals surface area contributed by atoms with Crippen LogP contribution >= 0.6 is 23.3 Å². The summed E-state index contributed by atoms with van der Waals surface area (Å²) in [4.78, 5) is 0.966. The highest BCUT2D eigenvalue weighted by Gasteiger charge is 2.09. The molecule has 0 aliphatic rings. The lowest BCUT2D eigenvalue weighted by molar-refractivity contribution is 0.610. The Kier molecular flexibility index (Phi) is 4.43. The van der Waals surface area contributed by atoms with Crippen molar-refractivity contribution in [1.29, 1.82) is 0 Å². The van der Waals surface area contributed by atoms with Gasteiger partial charge in [-0.15, -0.1) is 11.8 Å². The van der Waals surface area contributed by atoms with E-state index in [0.29, 0.717) is 24.3 Å². The van der Waals surface area contributed by atoms with Crippen LogP contribution < -0.4 is 11.1 Å². The second-order valence-electron chi connectivity index (χ2n) is 3.70. The summed E-state index contributed by atoms with van der Waals surface area (Å²) in [6.45, 7) is 0.663. The lowest BCUT2D eigenvalue weighted by Crippen LogP contribution is -2.05. The Labute approximate surface area is 114 Å². The van der Waals surface area contributed by atoms with Crippen LogP contribution in [0.1, 0.15) is 5.56 Å². The number of thioether (sulfide) groups is 1. The topological polar surface area (TPSA) is 50.9 Å². The molecule has 0 amide bonds. The fraction of sp³-hybridized carbons (Fsp3) is 0.250. The van der Waals surface area contributed by atoms with Gasteiger partial charge in [-0.1, -0.05) is 18.2 Å². The Balaban J connectivity index is 1.95. The average molecular weight is 283 g/mol. The monoisotopic (exact) mass is 283 g/mol. The summed E-state index contributed by atoms with van der Waals surface area (Å²) in [6, 6.07) is 6.82. The smallest absolute Gasteiger partial charge is 0.153 e. The van der Waals surface area contributed by atoms with Gasteiger partial charge in [0.15, 0.2) is 5.82 Å². The van der Waals surface area contributed by atoms with Crippen LogP contribution in [0.2, 0.25) is 0 Å². The first-order valence-corrected chi connectivity index (χ1v) is 7.48. The number of anilines is 2. The SMILES string of the molecule is CSc1c(N)nsc1NCCc1ccccc1F. The zero-order valence-electron chi connectivity index (χ0n) is 9.94. The lowest BCUT2D eigenvalue weighted by Gasteiger charge is -2.06. The molecule has 18 heavy (non-hydrogen) atoms. The highest BCUT2D eigenvalue weighted by Crippen LogP contribution is 2.34. The van der Waals surface area contributed by atoms with Crippen molar-refractivity contribution in [2.45, 2.75) is 11.3 Å². The fourth-order valence-corrected chi connectivity index (χ4v) is 3.18. The van der Waals surface area contributed by atoms with Crippen LogP contribution in [-0.4, -0.2) is 17.2 Å². The van der Waals surface area contributed by atoms with Crippen molar-refractivity contribution in [1.82, 2.24) is 4.37 Å². The summed E-state index contributed by atoms with van der Waals surface area (Å²) < 4.78 is 17.5. The van der Waals surface area contributed by atoms with Gasteiger partial charge >= 0.3 is 0 Å². The highest BCUT2D eigenvalue weighted by atomic mass is 32.2. The summed E-state index contributed by atoms with van der Waals surface area (Å²) in [5.74, 6) is 0.397. The third-order valence-electron chi connectivity index (χ3n) is 2.52. The summed E-state index contributed by atoms with van der Waals surface area (Å²) in [6.07, 6.45) is 2.60. The number of hydrogen-bond donors (Lipinski definition) is 2. The molecule has 1 heterocycles. The van der Waals surface area contributed by atoms with Crippen molar-refractivity contribution in [3.8, 4) is 0 Å². The maximum atomic E-state index is 13.4. The summed E-state index contributed by atoms with van der Waals surface area (Å²) in [7, 11) is 0. The van der Waals surface area contributed by atoms with Crippen molar-refractivity contribution in [3.05, 3.63) is 35.6 Å². The van der Waals surface area contributed by atoms with Crippen molar-refractivity contribution in [2.24, 2.45) is 0 Å². The molecule has 0 fully saturated rings. The lowest BCUT2D eigenvalue weighted by atomic mass is 10.1. The minimum atomic E-state index is -0.159. The maximum absolute atomic E-state index is 13.4. The molecule has 0 aliphatic carbocycles. The van der Waals surface area contributed by atoms with Crippen LogP contribution in [0.3, 0.4) is 0 Å². The summed E-state index contributed by atoms with van der Waals surface area (Å²) in [5.41, 5.74) is 6.45. The van der Waals surface area contributed by atoms with E-state index in [1.54, 1.807) is 23.9 Å². The standard InChI is InChI=1S/C12H14FN3S2/c1-17-10-11(14)16-18-12(10)15-7-6-8-4-2-3-5-9(8)13/h2-5,15H,6-7H2,1H3,(H2,14,16). The number of nitrogen functional groups attached to an aromatic ring is 1. The number of hydrogen-bond acceptors (Lipinski definition) is 5. The van der Waals surface area contributed by atoms with Crippen LogP contribution in [0.25, 0.3) is 0 Å². The van der Waals surface area contributed by atoms with E-state index in [2.05, 4.69) is 9.69 Å². The maximum Gasteiger partial charge on any atom is 0.153 e. The second-order valence-corrected chi connectivity index (χ2v) is 5.29. The third kappa shape index (κ3) is 2.94. The number of aromatic nitrogens is 1. The van der Waals surface area contributed by atoms with Crippen molar-refractivity contribution >= 4 is 34.1 Å². The van der Waals surface area contributed by atoms with E-state index in [1.807, 2.05) is 12.3 Å². The van der Waals surface area contributed by atoms with Gasteiger partial charge in [0.25, 0.3) is 0 Å². The largest absolute Gasteiger partial charge is 0.382 e. The van der Waals surface area contributed by atoms with Crippen molar-refractivity contribution < 1.29 is 4.39 Å². The van der Waals surface area contributed by atoms with Gasteiger partial charge in [-0.2, -0.15) is 4.37 Å². The molecule has 0 atom stereocenters. The minimum Gasteiger partial charge on any atom is -0.382 e. The van der Waals surface area contributed by atoms with Crippen LogP contribution in [0, 0.1) is 5.82 Å². The van der Waals surface area contributed by atoms with Gasteiger partial charge in [0.1, 0.15) is 10.8 Å². The molecule has 3 N–H and O–H groups in total. The van der Waals surface area contributed by atoms with E-state index in [4.69, 9.17) is 5.73 Å². The molecule has 2 rings (SSSR count). The third-order valence-corrected chi connectivity index (χ3v) is 4.29. The first-order valence-electron chi connectivity index (χ1n) is 5.48. The van der Waals surface area contributed by atoms with Crippen LogP contribution in [-0.2, 0) is 6.42 Å². The molecule has 0 saturated carbocycles. The molecule has 0 bridgehead atoms. The molecule has 1 aromatic carbocycles. The van der Waals surface area contributed by atoms with Gasteiger partial charge in [-0.25, -0.2) is 4.39 Å². The normalized spacial score (nSPS) is 10.6. The van der Waals surface area contributed by atoms with Gasteiger partial charge in [0.2, 0.25) is 0 Å². The number of nitrogens with two attached hydrogens (primary N) is 1. The quantitative estimate of drug-likeness (QED) is 0.827. The van der Waals surface area contributed by atoms with Gasteiger partial charge in [0, 0.05) is 6.54 Å². The number of nitrogens with zero attached hydrogens (tertiary/aromatic N) is 1. The Bertz CT molecular complexity index is 528. The molecular formula is C12H14FN3S2. The number of benzene rings is 1. The van der Waals surface area contributed by atoms with Crippen molar-refractivity contribution in [2.75, 3.05) is 23.9 Å². The van der Waals surface area contributed by atoms with E-state index in [1.165, 1.54) is 17.6 Å². The van der Waals surface area contributed by atoms with Gasteiger partial charge in [0.05, 0.1) is 4.90 Å². The van der Waals surface area contributed by atoms with Gasteiger partial charge < -0.3 is 11.1 Å². The molecule has 0 aliphatic heterocycles. The molecule has 96 valence electrons. The number of nitrogens with one attached hydrogen (secondary N) is 1. The van der Waals surface area contributed by atoms with E-state index >= 15 is 0 Å². The fourth-order valence-electron chi connectivity index (χ4n) is 1.62. The van der Waals surface area contributed by atoms with Crippen LogP contribution in [0.5, 0.6) is 0 Å². The Morgan fingerprint density at radius 3 is 2.94 bits per heavy atom. The van der Waals surface area contributed by atoms with Crippen LogP contribution in [0.15, 0.2) is 29.2 Å². The summed E-state index contributed by atoms with van der Waals surface area (Å²) >= 11 is 2.90. The van der Waals surface area contributed by atoms with Crippen molar-refractivity contribution in [3.63, 3.8) is 0 Å². The van der Waals surface area contributed by atoms with Gasteiger partial charge in [-0.3, -0.25) is 0 Å². The number of halogens is 1. The Morgan fingerprint density at radius 1 is 1.44 bits per heavy atom. The first-order chi connectivity index (χ1) is 8.72. The zero-order chi connectivity index (χ0) is 13.0. The molecule has 0 radical (unpaired) electrons. The molecule has 2 aromatic rings. The molecule has 1 aromatic heterocycles. The van der Waals surface area contributed by atoms with E-state index in [-0.39, 0.29) is 5.82 Å². The molecular weight excluding hydrogens is 269 g/mol. The minimum absolute atomic E-state index is 0.159. The Morgan fingerprint density at radius 2 is 2.22 bits per heavy atom. The average Bonchev–Trinajstić information content (AvgIpc) is 2.72. The van der Waals surface area contributed by atoms with Crippen LogP contribution in [0.4, 0.5) is 15.2 Å². The molecule has 0 saturated heterocycles. The highest BCUT2D eigenvalue weighted by molar-refractivity contribution is 7.99. The molecule has 0 unspecified atom stereocenters. The second kappa shape index (κ2) is 6.06. The van der Waals surface area contributed by atoms with E-state index in [9.17, 15) is 4.39 Å². The van der Waals surface area contributed by atoms with E-state index < -0.39 is 0 Å². The first kappa shape index (κ1) is 13.2. The van der Waals surface area contributed by atoms with E-state index in [0.717, 1.165) is 9.90 Å². The molecule has 0 spiro atoms. The molecule has 3 nitrogen and oxygen atoms in total. The number of rotatable bonds is 5. The Hall–Kier alpha value is -1.27. The predicted octanol–water partition coefficient (Wildman–Crippen LogP) is 3.24. The molecule has 6 heteroatoms. The van der Waals surface area contributed by atoms with Gasteiger partial charge in [-0.05, 0) is 35.8 Å². The zero-order valence-corrected chi connectivity index (χ0v) is 11.6.